The van der Waals surface area contributed by atoms with Crippen molar-refractivity contribution in [3.63, 3.8) is 0 Å². The molecule has 0 aromatic carbocycles. The van der Waals surface area contributed by atoms with E-state index in [2.05, 4.69) is 41.4 Å². The minimum Gasteiger partial charge on any atom is -0.383 e. The van der Waals surface area contributed by atoms with Crippen LogP contribution in [0.5, 0.6) is 0 Å². The monoisotopic (exact) mass is 421 g/mol. The maximum atomic E-state index is 12.7. The Morgan fingerprint density at radius 2 is 2.03 bits per heavy atom. The molecule has 10 nitrogen and oxygen atoms in total. The van der Waals surface area contributed by atoms with Gasteiger partial charge >= 0.3 is 0 Å². The molecule has 1 aliphatic carbocycles. The summed E-state index contributed by atoms with van der Waals surface area (Å²) in [4.78, 5) is 20.9. The molecule has 1 amide bonds. The van der Waals surface area contributed by atoms with Crippen LogP contribution in [0.1, 0.15) is 61.1 Å². The fraction of sp³-hybridized carbons (Fsp3) is 0.524. The second-order valence-corrected chi connectivity index (χ2v) is 7.98. The van der Waals surface area contributed by atoms with Crippen LogP contribution in [0.4, 0.5) is 17.3 Å². The zero-order valence-electron chi connectivity index (χ0n) is 17.4. The standard InChI is InChI=1S/C21H27N9O/c22-11-16-12-26-19(13-25-16)28-18-10-17(24-9-7-14-4-1-2-8-23-14)20(30-29-18)21(31)27-15-5-3-6-15/h10,12-15,23H,1-9H2,(H,27,31)(H2,24,26,28,29). The number of nitriles is 1. The number of amides is 1. The first kappa shape index (κ1) is 20.9. The Balaban J connectivity index is 1.46. The van der Waals surface area contributed by atoms with Crippen LogP contribution in [0, 0.1) is 11.3 Å². The smallest absolute Gasteiger partial charge is 0.274 e. The summed E-state index contributed by atoms with van der Waals surface area (Å²) in [6.45, 7) is 1.79. The molecule has 0 bridgehead atoms. The van der Waals surface area contributed by atoms with Crippen molar-refractivity contribution in [2.24, 2.45) is 0 Å². The van der Waals surface area contributed by atoms with Crippen LogP contribution < -0.4 is 21.3 Å². The van der Waals surface area contributed by atoms with Crippen LogP contribution in [-0.4, -0.2) is 51.2 Å². The van der Waals surface area contributed by atoms with Crippen LogP contribution in [0.15, 0.2) is 18.5 Å². The second kappa shape index (κ2) is 10.1. The van der Waals surface area contributed by atoms with E-state index in [-0.39, 0.29) is 17.6 Å². The van der Waals surface area contributed by atoms with Gasteiger partial charge in [-0.15, -0.1) is 10.2 Å². The van der Waals surface area contributed by atoms with E-state index in [4.69, 9.17) is 5.26 Å². The fourth-order valence-corrected chi connectivity index (χ4v) is 3.69. The maximum Gasteiger partial charge on any atom is 0.274 e. The summed E-state index contributed by atoms with van der Waals surface area (Å²) in [6.07, 6.45) is 10.6. The summed E-state index contributed by atoms with van der Waals surface area (Å²) >= 11 is 0. The van der Waals surface area contributed by atoms with E-state index in [1.807, 2.05) is 6.07 Å². The Kier molecular flexibility index (Phi) is 6.84. The van der Waals surface area contributed by atoms with Crippen molar-refractivity contribution >= 4 is 23.2 Å². The van der Waals surface area contributed by atoms with Gasteiger partial charge in [0.15, 0.2) is 17.2 Å². The highest BCUT2D eigenvalue weighted by atomic mass is 16.2. The molecule has 2 aliphatic rings. The highest BCUT2D eigenvalue weighted by Gasteiger charge is 2.23. The van der Waals surface area contributed by atoms with E-state index in [1.165, 1.54) is 31.7 Å². The summed E-state index contributed by atoms with van der Waals surface area (Å²) in [7, 11) is 0. The number of hydrogen-bond acceptors (Lipinski definition) is 9. The van der Waals surface area contributed by atoms with Crippen LogP contribution >= 0.6 is 0 Å². The number of carbonyl (C=O) groups is 1. The molecule has 0 radical (unpaired) electrons. The predicted octanol–water partition coefficient (Wildman–Crippen LogP) is 2.11. The van der Waals surface area contributed by atoms with E-state index >= 15 is 0 Å². The quantitative estimate of drug-likeness (QED) is 0.504. The molecule has 1 unspecified atom stereocenters. The number of rotatable bonds is 8. The van der Waals surface area contributed by atoms with Crippen LogP contribution in [0.25, 0.3) is 0 Å². The largest absolute Gasteiger partial charge is 0.383 e. The lowest BCUT2D eigenvalue weighted by atomic mass is 9.93. The minimum atomic E-state index is -0.208. The lowest BCUT2D eigenvalue weighted by molar-refractivity contribution is 0.0912. The van der Waals surface area contributed by atoms with Gasteiger partial charge in [0, 0.05) is 24.7 Å². The van der Waals surface area contributed by atoms with Crippen molar-refractivity contribution in [3.8, 4) is 6.07 Å². The van der Waals surface area contributed by atoms with Crippen LogP contribution in [-0.2, 0) is 0 Å². The summed E-state index contributed by atoms with van der Waals surface area (Å²) in [5.74, 6) is 0.676. The molecule has 10 heteroatoms. The summed E-state index contributed by atoms with van der Waals surface area (Å²) in [5.41, 5.74) is 1.16. The number of anilines is 3. The van der Waals surface area contributed by atoms with Crippen LogP contribution in [0.2, 0.25) is 0 Å². The number of aromatic nitrogens is 4. The zero-order chi connectivity index (χ0) is 21.5. The molecule has 2 fully saturated rings. The topological polar surface area (TPSA) is 141 Å². The van der Waals surface area contributed by atoms with Crippen LogP contribution in [0.3, 0.4) is 0 Å². The zero-order valence-corrected chi connectivity index (χ0v) is 17.4. The summed E-state index contributed by atoms with van der Waals surface area (Å²) in [5, 5.41) is 30.1. The van der Waals surface area contributed by atoms with Gasteiger partial charge in [0.25, 0.3) is 5.91 Å². The van der Waals surface area contributed by atoms with E-state index in [9.17, 15) is 4.79 Å². The first-order valence-corrected chi connectivity index (χ1v) is 10.9. The minimum absolute atomic E-state index is 0.208. The Morgan fingerprint density at radius 1 is 1.13 bits per heavy atom. The van der Waals surface area contributed by atoms with Gasteiger partial charge in [-0.1, -0.05) is 6.42 Å². The molecule has 2 aromatic heterocycles. The van der Waals surface area contributed by atoms with E-state index in [0.29, 0.717) is 29.1 Å². The van der Waals surface area contributed by atoms with Gasteiger partial charge in [-0.25, -0.2) is 9.97 Å². The Hall–Kier alpha value is -3.32. The molecule has 1 atom stereocenters. The van der Waals surface area contributed by atoms with Crippen molar-refractivity contribution in [2.75, 3.05) is 23.7 Å². The average Bonchev–Trinajstić information content (AvgIpc) is 2.77. The SMILES string of the molecule is N#Cc1cnc(Nc2cc(NCCC3CCCCN3)c(C(=O)NC3CCC3)nn2)cn1. The highest BCUT2D eigenvalue weighted by Crippen LogP contribution is 2.22. The molecule has 4 N–H and O–H groups in total. The Bertz CT molecular complexity index is 931. The van der Waals surface area contributed by atoms with Crippen molar-refractivity contribution in [2.45, 2.75) is 57.0 Å². The molecule has 162 valence electrons. The molecule has 4 rings (SSSR count). The van der Waals surface area contributed by atoms with Gasteiger partial charge < -0.3 is 21.3 Å². The molecule has 1 aliphatic heterocycles. The average molecular weight is 422 g/mol. The molecule has 1 saturated carbocycles. The second-order valence-electron chi connectivity index (χ2n) is 7.98. The number of nitrogens with zero attached hydrogens (tertiary/aromatic N) is 5. The molecule has 3 heterocycles. The van der Waals surface area contributed by atoms with Gasteiger partial charge in [0.2, 0.25) is 0 Å². The lowest BCUT2D eigenvalue weighted by Crippen LogP contribution is -2.40. The third-order valence-corrected chi connectivity index (χ3v) is 5.69. The lowest BCUT2D eigenvalue weighted by Gasteiger charge is -2.26. The highest BCUT2D eigenvalue weighted by molar-refractivity contribution is 5.98. The fourth-order valence-electron chi connectivity index (χ4n) is 3.69. The van der Waals surface area contributed by atoms with Gasteiger partial charge in [-0.05, 0) is 45.1 Å². The Morgan fingerprint density at radius 3 is 2.71 bits per heavy atom. The van der Waals surface area contributed by atoms with E-state index < -0.39 is 0 Å². The number of carbonyl (C=O) groups excluding carboxylic acids is 1. The summed E-state index contributed by atoms with van der Waals surface area (Å²) in [6, 6.07) is 4.41. The molecule has 1 saturated heterocycles. The number of piperidine rings is 1. The van der Waals surface area contributed by atoms with E-state index in [1.54, 1.807) is 6.07 Å². The molecule has 31 heavy (non-hydrogen) atoms. The van der Waals surface area contributed by atoms with Crippen molar-refractivity contribution < 1.29 is 4.79 Å². The van der Waals surface area contributed by atoms with Crippen molar-refractivity contribution in [1.29, 1.82) is 5.26 Å². The van der Waals surface area contributed by atoms with Gasteiger partial charge in [0.1, 0.15) is 11.9 Å². The molecule has 0 spiro atoms. The predicted molar refractivity (Wildman–Crippen MR) is 116 cm³/mol. The number of hydrogen-bond donors (Lipinski definition) is 4. The first-order valence-electron chi connectivity index (χ1n) is 10.9. The van der Waals surface area contributed by atoms with Crippen molar-refractivity contribution in [1.82, 2.24) is 30.8 Å². The first-order chi connectivity index (χ1) is 15.2. The third kappa shape index (κ3) is 5.64. The molecule has 2 aromatic rings. The number of nitrogens with one attached hydrogen (secondary N) is 4. The summed E-state index contributed by atoms with van der Waals surface area (Å²) < 4.78 is 0. The Labute approximate surface area is 181 Å². The molecular weight excluding hydrogens is 394 g/mol. The van der Waals surface area contributed by atoms with Gasteiger partial charge in [-0.2, -0.15) is 5.26 Å². The maximum absolute atomic E-state index is 12.7. The van der Waals surface area contributed by atoms with E-state index in [0.717, 1.165) is 38.8 Å². The third-order valence-electron chi connectivity index (χ3n) is 5.69. The van der Waals surface area contributed by atoms with Gasteiger partial charge in [-0.3, -0.25) is 4.79 Å². The van der Waals surface area contributed by atoms with Gasteiger partial charge in [0.05, 0.1) is 18.1 Å². The molecular formula is C21H27N9O. The van der Waals surface area contributed by atoms with Crippen molar-refractivity contribution in [3.05, 3.63) is 29.8 Å². The normalized spacial score (nSPS) is 18.5.